The lowest BCUT2D eigenvalue weighted by molar-refractivity contribution is 0.402. The van der Waals surface area contributed by atoms with Gasteiger partial charge in [0.15, 0.2) is 9.84 Å². The second-order valence-corrected chi connectivity index (χ2v) is 8.91. The van der Waals surface area contributed by atoms with Crippen LogP contribution in [0.3, 0.4) is 0 Å². The zero-order valence-electron chi connectivity index (χ0n) is 15.1. The van der Waals surface area contributed by atoms with Crippen molar-refractivity contribution in [3.05, 3.63) is 77.3 Å². The highest BCUT2D eigenvalue weighted by Crippen LogP contribution is 2.23. The summed E-state index contributed by atoms with van der Waals surface area (Å²) in [5.74, 6) is -0.0301. The topological polar surface area (TPSA) is 63.2 Å². The van der Waals surface area contributed by atoms with Crippen LogP contribution in [0.5, 0.6) is 0 Å². The Labute approximate surface area is 164 Å². The third-order valence-electron chi connectivity index (χ3n) is 4.01. The lowest BCUT2D eigenvalue weighted by Crippen LogP contribution is -2.11. The molecule has 0 bridgehead atoms. The predicted molar refractivity (Wildman–Crippen MR) is 107 cm³/mol. The highest BCUT2D eigenvalue weighted by atomic mass is 35.5. The lowest BCUT2D eigenvalue weighted by Gasteiger charge is -2.11. The molecule has 0 unspecified atom stereocenters. The molecule has 0 fully saturated rings. The molecule has 3 aromatic rings. The number of sulfone groups is 1. The molecule has 1 aromatic heterocycles. The van der Waals surface area contributed by atoms with Crippen molar-refractivity contribution in [2.75, 3.05) is 14.1 Å². The number of hydrogen-bond acceptors (Lipinski definition) is 5. The summed E-state index contributed by atoms with van der Waals surface area (Å²) in [7, 11) is 0.535. The number of rotatable bonds is 6. The first-order valence-electron chi connectivity index (χ1n) is 8.37. The summed E-state index contributed by atoms with van der Waals surface area (Å²) in [4.78, 5) is 10.2. The summed E-state index contributed by atoms with van der Waals surface area (Å²) >= 11 is 5.70. The van der Waals surface area contributed by atoms with E-state index in [4.69, 9.17) is 11.6 Å². The fraction of sp³-hybridized carbons (Fsp3) is 0.200. The lowest BCUT2D eigenvalue weighted by atomic mass is 10.1. The van der Waals surface area contributed by atoms with Crippen LogP contribution in [0.4, 0.5) is 0 Å². The average Bonchev–Trinajstić information content (AvgIpc) is 2.62. The van der Waals surface area contributed by atoms with E-state index < -0.39 is 9.84 Å². The molecule has 27 heavy (non-hydrogen) atoms. The van der Waals surface area contributed by atoms with E-state index in [1.807, 2.05) is 43.3 Å². The molecule has 0 aliphatic heterocycles. The molecule has 7 heteroatoms. The summed E-state index contributed by atoms with van der Waals surface area (Å²) in [6, 6.07) is 14.4. The Bertz CT molecular complexity index is 1020. The Morgan fingerprint density at radius 1 is 0.926 bits per heavy atom. The molecule has 140 valence electrons. The van der Waals surface area contributed by atoms with Gasteiger partial charge in [0.25, 0.3) is 0 Å². The molecule has 0 aliphatic carbocycles. The Balaban J connectivity index is 1.80. The summed E-state index contributed by atoms with van der Waals surface area (Å²) < 4.78 is 25.5. The van der Waals surface area contributed by atoms with Gasteiger partial charge in [-0.3, -0.25) is 0 Å². The van der Waals surface area contributed by atoms with Crippen molar-refractivity contribution in [2.24, 2.45) is 0 Å². The van der Waals surface area contributed by atoms with E-state index >= 15 is 0 Å². The van der Waals surface area contributed by atoms with E-state index in [0.717, 1.165) is 28.8 Å². The van der Waals surface area contributed by atoms with Crippen LogP contribution in [0.2, 0.25) is 5.28 Å². The molecular formula is C20H20ClN3O2S. The summed E-state index contributed by atoms with van der Waals surface area (Å²) in [6.45, 7) is 0.770. The highest BCUT2D eigenvalue weighted by Gasteiger charge is 2.16. The molecule has 0 radical (unpaired) electrons. The number of nitrogens with zero attached hydrogens (tertiary/aromatic N) is 3. The summed E-state index contributed by atoms with van der Waals surface area (Å²) in [6.07, 6.45) is 3.21. The van der Waals surface area contributed by atoms with Gasteiger partial charge in [-0.05, 0) is 54.5 Å². The van der Waals surface area contributed by atoms with Crippen LogP contribution in [-0.2, 0) is 22.1 Å². The molecule has 5 nitrogen and oxygen atoms in total. The van der Waals surface area contributed by atoms with Crippen LogP contribution >= 0.6 is 11.6 Å². The van der Waals surface area contributed by atoms with E-state index in [2.05, 4.69) is 9.97 Å². The second kappa shape index (κ2) is 8.17. The van der Waals surface area contributed by atoms with Gasteiger partial charge in [0.05, 0.1) is 10.6 Å². The second-order valence-electron chi connectivity index (χ2n) is 6.58. The largest absolute Gasteiger partial charge is 0.305 e. The Kier molecular flexibility index (Phi) is 5.89. The van der Waals surface area contributed by atoms with Crippen LogP contribution in [-0.4, -0.2) is 37.4 Å². The minimum atomic E-state index is -3.43. The summed E-state index contributed by atoms with van der Waals surface area (Å²) in [5.41, 5.74) is 3.48. The fourth-order valence-corrected chi connectivity index (χ4v) is 4.24. The molecule has 3 rings (SSSR count). The van der Waals surface area contributed by atoms with Crippen LogP contribution < -0.4 is 0 Å². The van der Waals surface area contributed by atoms with Gasteiger partial charge < -0.3 is 4.90 Å². The maximum absolute atomic E-state index is 12.8. The quantitative estimate of drug-likeness (QED) is 0.587. The number of benzene rings is 2. The Morgan fingerprint density at radius 2 is 1.56 bits per heavy atom. The van der Waals surface area contributed by atoms with E-state index in [-0.39, 0.29) is 11.0 Å². The van der Waals surface area contributed by atoms with Gasteiger partial charge in [-0.1, -0.05) is 36.4 Å². The first kappa shape index (κ1) is 19.5. The zero-order valence-corrected chi connectivity index (χ0v) is 16.7. The number of hydrogen-bond donors (Lipinski definition) is 0. The van der Waals surface area contributed by atoms with Gasteiger partial charge in [0, 0.05) is 24.5 Å². The smallest absolute Gasteiger partial charge is 0.222 e. The fourth-order valence-electron chi connectivity index (χ4n) is 2.80. The summed E-state index contributed by atoms with van der Waals surface area (Å²) in [5, 5.41) is 0.175. The molecule has 0 spiro atoms. The molecule has 2 aromatic carbocycles. The Hall–Kier alpha value is -2.28. The van der Waals surface area contributed by atoms with Crippen LogP contribution in [0, 0.1) is 0 Å². The van der Waals surface area contributed by atoms with Gasteiger partial charge in [-0.15, -0.1) is 0 Å². The Morgan fingerprint density at radius 3 is 2.19 bits per heavy atom. The van der Waals surface area contributed by atoms with Crippen molar-refractivity contribution in [3.63, 3.8) is 0 Å². The first-order valence-corrected chi connectivity index (χ1v) is 10.4. The van der Waals surface area contributed by atoms with Crippen LogP contribution in [0.25, 0.3) is 11.1 Å². The van der Waals surface area contributed by atoms with Gasteiger partial charge in [0.2, 0.25) is 5.28 Å². The van der Waals surface area contributed by atoms with Crippen molar-refractivity contribution < 1.29 is 8.42 Å². The van der Waals surface area contributed by atoms with Crippen molar-refractivity contribution in [1.29, 1.82) is 0 Å². The minimum Gasteiger partial charge on any atom is -0.305 e. The third-order valence-corrected chi connectivity index (χ3v) is 5.91. The normalized spacial score (nSPS) is 11.7. The molecular weight excluding hydrogens is 382 g/mol. The SMILES string of the molecule is CN(C)Cc1cccc(CS(=O)(=O)c2ccc(-c3cnc(Cl)nc3)cc2)c1. The van der Waals surface area contributed by atoms with Gasteiger partial charge in [0.1, 0.15) is 0 Å². The number of halogens is 1. The van der Waals surface area contributed by atoms with Gasteiger partial charge >= 0.3 is 0 Å². The monoisotopic (exact) mass is 401 g/mol. The molecule has 0 saturated carbocycles. The minimum absolute atomic E-state index is 0.0301. The van der Waals surface area contributed by atoms with Crippen molar-refractivity contribution >= 4 is 21.4 Å². The first-order chi connectivity index (χ1) is 12.8. The molecule has 0 amide bonds. The predicted octanol–water partition coefficient (Wildman–Crippen LogP) is 3.83. The molecule has 0 aliphatic rings. The van der Waals surface area contributed by atoms with Crippen LogP contribution in [0.15, 0.2) is 65.8 Å². The van der Waals surface area contributed by atoms with E-state index in [1.165, 1.54) is 0 Å². The van der Waals surface area contributed by atoms with Crippen molar-refractivity contribution in [3.8, 4) is 11.1 Å². The van der Waals surface area contributed by atoms with Crippen molar-refractivity contribution in [2.45, 2.75) is 17.2 Å². The van der Waals surface area contributed by atoms with E-state index in [1.54, 1.807) is 36.7 Å². The maximum Gasteiger partial charge on any atom is 0.222 e. The van der Waals surface area contributed by atoms with Gasteiger partial charge in [-0.2, -0.15) is 0 Å². The third kappa shape index (κ3) is 5.13. The van der Waals surface area contributed by atoms with Crippen molar-refractivity contribution in [1.82, 2.24) is 14.9 Å². The zero-order chi connectivity index (χ0) is 19.4. The van der Waals surface area contributed by atoms with Gasteiger partial charge in [-0.25, -0.2) is 18.4 Å². The molecule has 0 atom stereocenters. The molecule has 0 N–H and O–H groups in total. The molecule has 1 heterocycles. The number of aromatic nitrogens is 2. The highest BCUT2D eigenvalue weighted by molar-refractivity contribution is 7.90. The van der Waals surface area contributed by atoms with E-state index in [0.29, 0.717) is 4.90 Å². The standard InChI is InChI=1S/C20H20ClN3O2S/c1-24(2)13-15-4-3-5-16(10-15)14-27(25,26)19-8-6-17(7-9-19)18-11-22-20(21)23-12-18/h3-12H,13-14H2,1-2H3. The maximum atomic E-state index is 12.8. The van der Waals surface area contributed by atoms with Crippen LogP contribution in [0.1, 0.15) is 11.1 Å². The van der Waals surface area contributed by atoms with E-state index in [9.17, 15) is 8.42 Å². The average molecular weight is 402 g/mol. The molecule has 0 saturated heterocycles.